The van der Waals surface area contributed by atoms with Gasteiger partial charge < -0.3 is 14.4 Å². The number of hydrogen-bond donors (Lipinski definition) is 1. The van der Waals surface area contributed by atoms with Crippen LogP contribution in [0.25, 0.3) is 10.8 Å². The largest absolute Gasteiger partial charge is 0.462 e. The summed E-state index contributed by atoms with van der Waals surface area (Å²) in [5.74, 6) is 0.540. The molecule has 5 nitrogen and oxygen atoms in total. The Morgan fingerprint density at radius 2 is 2.45 bits per heavy atom. The fourth-order valence-electron chi connectivity index (χ4n) is 2.44. The van der Waals surface area contributed by atoms with Gasteiger partial charge in [-0.3, -0.25) is 4.79 Å². The first-order valence-corrected chi connectivity index (χ1v) is 7.44. The van der Waals surface area contributed by atoms with Crippen LogP contribution in [0, 0.1) is 0 Å². The minimum atomic E-state index is -0.798. The molecular weight excluding hydrogens is 276 g/mol. The van der Waals surface area contributed by atoms with Crippen molar-refractivity contribution in [3.8, 4) is 10.8 Å². The zero-order chi connectivity index (χ0) is 14.2. The SMILES string of the molecule is CC1(O)CCCN(C(=O)c2csc(-c3ccco3)n2)C1. The Morgan fingerprint density at radius 3 is 3.15 bits per heavy atom. The predicted molar refractivity (Wildman–Crippen MR) is 75.6 cm³/mol. The number of β-amino-alcohol motifs (C(OH)–C–C–N with tert-alkyl or cyclic N) is 1. The van der Waals surface area contributed by atoms with E-state index in [2.05, 4.69) is 4.98 Å². The van der Waals surface area contributed by atoms with Crippen LogP contribution in [0.15, 0.2) is 28.2 Å². The number of nitrogens with zero attached hydrogens (tertiary/aromatic N) is 2. The molecule has 1 unspecified atom stereocenters. The summed E-state index contributed by atoms with van der Waals surface area (Å²) in [5, 5.41) is 12.5. The summed E-state index contributed by atoms with van der Waals surface area (Å²) in [6, 6.07) is 3.61. The fourth-order valence-corrected chi connectivity index (χ4v) is 3.20. The monoisotopic (exact) mass is 292 g/mol. The molecule has 0 spiro atoms. The number of amides is 1. The summed E-state index contributed by atoms with van der Waals surface area (Å²) in [5.41, 5.74) is -0.382. The Balaban J connectivity index is 1.78. The van der Waals surface area contributed by atoms with Gasteiger partial charge in [-0.1, -0.05) is 0 Å². The summed E-state index contributed by atoms with van der Waals surface area (Å²) in [7, 11) is 0. The topological polar surface area (TPSA) is 66.6 Å². The molecule has 0 bridgehead atoms. The number of likely N-dealkylation sites (tertiary alicyclic amines) is 1. The van der Waals surface area contributed by atoms with Crippen molar-refractivity contribution < 1.29 is 14.3 Å². The molecule has 3 rings (SSSR count). The summed E-state index contributed by atoms with van der Waals surface area (Å²) in [4.78, 5) is 18.4. The number of carbonyl (C=O) groups is 1. The van der Waals surface area contributed by atoms with Crippen LogP contribution < -0.4 is 0 Å². The highest BCUT2D eigenvalue weighted by molar-refractivity contribution is 7.13. The first kappa shape index (κ1) is 13.3. The molecule has 3 heterocycles. The zero-order valence-electron chi connectivity index (χ0n) is 11.2. The molecule has 1 amide bonds. The number of furan rings is 1. The maximum absolute atomic E-state index is 12.4. The third-order valence-electron chi connectivity index (χ3n) is 3.42. The lowest BCUT2D eigenvalue weighted by Crippen LogP contribution is -2.48. The molecule has 1 aliphatic rings. The highest BCUT2D eigenvalue weighted by Gasteiger charge is 2.32. The Hall–Kier alpha value is -1.66. The first-order valence-electron chi connectivity index (χ1n) is 6.56. The second kappa shape index (κ2) is 5.03. The molecule has 1 atom stereocenters. The van der Waals surface area contributed by atoms with Crippen LogP contribution >= 0.6 is 11.3 Å². The number of carbonyl (C=O) groups excluding carboxylic acids is 1. The van der Waals surface area contributed by atoms with Crippen LogP contribution in [0.1, 0.15) is 30.3 Å². The Kier molecular flexibility index (Phi) is 3.35. The molecule has 0 aromatic carbocycles. The Labute approximate surface area is 120 Å². The van der Waals surface area contributed by atoms with Crippen LogP contribution in [0.3, 0.4) is 0 Å². The molecule has 1 aliphatic heterocycles. The quantitative estimate of drug-likeness (QED) is 0.923. The lowest BCUT2D eigenvalue weighted by atomic mass is 9.95. The van der Waals surface area contributed by atoms with E-state index in [1.165, 1.54) is 11.3 Å². The number of aromatic nitrogens is 1. The van der Waals surface area contributed by atoms with Gasteiger partial charge in [0.25, 0.3) is 5.91 Å². The van der Waals surface area contributed by atoms with E-state index in [9.17, 15) is 9.90 Å². The number of rotatable bonds is 2. The highest BCUT2D eigenvalue weighted by atomic mass is 32.1. The van der Waals surface area contributed by atoms with Gasteiger partial charge in [-0.05, 0) is 31.9 Å². The average Bonchev–Trinajstić information content (AvgIpc) is 3.07. The van der Waals surface area contributed by atoms with Crippen molar-refractivity contribution >= 4 is 17.2 Å². The molecule has 2 aromatic heterocycles. The summed E-state index contributed by atoms with van der Waals surface area (Å²) >= 11 is 1.38. The van der Waals surface area contributed by atoms with Gasteiger partial charge in [-0.2, -0.15) is 0 Å². The lowest BCUT2D eigenvalue weighted by molar-refractivity contribution is -0.0109. The third-order valence-corrected chi connectivity index (χ3v) is 4.27. The standard InChI is InChI=1S/C14H16N2O3S/c1-14(18)5-3-6-16(9-14)13(17)10-8-20-12(15-10)11-4-2-7-19-11/h2,4,7-8,18H,3,5-6,9H2,1H3. The van der Waals surface area contributed by atoms with Crippen LogP contribution in [-0.2, 0) is 0 Å². The molecule has 1 saturated heterocycles. The number of hydrogen-bond acceptors (Lipinski definition) is 5. The van der Waals surface area contributed by atoms with E-state index in [0.717, 1.165) is 12.8 Å². The average molecular weight is 292 g/mol. The van der Waals surface area contributed by atoms with Gasteiger partial charge in [0, 0.05) is 18.5 Å². The lowest BCUT2D eigenvalue weighted by Gasteiger charge is -2.36. The Bertz CT molecular complexity index is 604. The molecule has 0 aliphatic carbocycles. The van der Waals surface area contributed by atoms with E-state index in [1.807, 2.05) is 6.07 Å². The van der Waals surface area contributed by atoms with Crippen LogP contribution in [0.5, 0.6) is 0 Å². The summed E-state index contributed by atoms with van der Waals surface area (Å²) in [6.45, 7) is 2.80. The molecule has 0 radical (unpaired) electrons. The van der Waals surface area contributed by atoms with Crippen LogP contribution in [0.4, 0.5) is 0 Å². The van der Waals surface area contributed by atoms with E-state index in [0.29, 0.717) is 29.6 Å². The highest BCUT2D eigenvalue weighted by Crippen LogP contribution is 2.26. The number of thiazole rings is 1. The molecule has 20 heavy (non-hydrogen) atoms. The van der Waals surface area contributed by atoms with Crippen LogP contribution in [-0.4, -0.2) is 39.6 Å². The smallest absolute Gasteiger partial charge is 0.273 e. The van der Waals surface area contributed by atoms with Crippen molar-refractivity contribution in [2.75, 3.05) is 13.1 Å². The van der Waals surface area contributed by atoms with Gasteiger partial charge in [0.1, 0.15) is 5.69 Å². The summed E-state index contributed by atoms with van der Waals surface area (Å²) < 4.78 is 5.27. The molecule has 2 aromatic rings. The molecule has 0 saturated carbocycles. The van der Waals surface area contributed by atoms with Gasteiger partial charge in [-0.15, -0.1) is 11.3 Å². The maximum atomic E-state index is 12.4. The van der Waals surface area contributed by atoms with Crippen LogP contribution in [0.2, 0.25) is 0 Å². The van der Waals surface area contributed by atoms with Gasteiger partial charge >= 0.3 is 0 Å². The normalized spacial score (nSPS) is 23.0. The van der Waals surface area contributed by atoms with Gasteiger partial charge in [0.2, 0.25) is 0 Å². The minimum Gasteiger partial charge on any atom is -0.462 e. The van der Waals surface area contributed by atoms with Crippen molar-refractivity contribution in [3.05, 3.63) is 29.5 Å². The van der Waals surface area contributed by atoms with Crippen molar-refractivity contribution in [2.24, 2.45) is 0 Å². The van der Waals surface area contributed by atoms with Gasteiger partial charge in [0.15, 0.2) is 10.8 Å². The van der Waals surface area contributed by atoms with Crippen molar-refractivity contribution in [3.63, 3.8) is 0 Å². The van der Waals surface area contributed by atoms with E-state index in [-0.39, 0.29) is 5.91 Å². The third kappa shape index (κ3) is 2.62. The second-order valence-electron chi connectivity index (χ2n) is 5.34. The predicted octanol–water partition coefficient (Wildman–Crippen LogP) is 2.39. The number of aliphatic hydroxyl groups is 1. The molecule has 106 valence electrons. The minimum absolute atomic E-state index is 0.126. The van der Waals surface area contributed by atoms with Crippen molar-refractivity contribution in [1.82, 2.24) is 9.88 Å². The number of piperidine rings is 1. The maximum Gasteiger partial charge on any atom is 0.273 e. The van der Waals surface area contributed by atoms with E-state index < -0.39 is 5.60 Å². The second-order valence-corrected chi connectivity index (χ2v) is 6.20. The van der Waals surface area contributed by atoms with Gasteiger partial charge in [0.05, 0.1) is 11.9 Å². The van der Waals surface area contributed by atoms with E-state index >= 15 is 0 Å². The molecule has 1 N–H and O–H groups in total. The molecular formula is C14H16N2O3S. The van der Waals surface area contributed by atoms with E-state index in [4.69, 9.17) is 4.42 Å². The van der Waals surface area contributed by atoms with Crippen molar-refractivity contribution in [2.45, 2.75) is 25.4 Å². The first-order chi connectivity index (χ1) is 9.55. The summed E-state index contributed by atoms with van der Waals surface area (Å²) in [6.07, 6.45) is 3.12. The fraction of sp³-hybridized carbons (Fsp3) is 0.429. The Morgan fingerprint density at radius 1 is 1.60 bits per heavy atom. The molecule has 6 heteroatoms. The molecule has 1 fully saturated rings. The van der Waals surface area contributed by atoms with Crippen molar-refractivity contribution in [1.29, 1.82) is 0 Å². The van der Waals surface area contributed by atoms with Gasteiger partial charge in [-0.25, -0.2) is 4.98 Å². The van der Waals surface area contributed by atoms with E-state index in [1.54, 1.807) is 29.5 Å². The zero-order valence-corrected chi connectivity index (χ0v) is 12.0.